The first-order valence-corrected chi connectivity index (χ1v) is 6.05. The summed E-state index contributed by atoms with van der Waals surface area (Å²) in [7, 11) is 0. The summed E-state index contributed by atoms with van der Waals surface area (Å²) in [5, 5.41) is 2.86. The van der Waals surface area contributed by atoms with Gasteiger partial charge in [0.15, 0.2) is 0 Å². The molecule has 94 valence electrons. The van der Waals surface area contributed by atoms with Crippen LogP contribution in [-0.4, -0.2) is 0 Å². The lowest BCUT2D eigenvalue weighted by Gasteiger charge is -2.13. The van der Waals surface area contributed by atoms with Crippen LogP contribution >= 0.6 is 15.9 Å². The van der Waals surface area contributed by atoms with E-state index in [2.05, 4.69) is 21.2 Å². The average molecular weight is 313 g/mol. The number of nitrogens with two attached hydrogens (primary N) is 1. The quantitative estimate of drug-likeness (QED) is 0.808. The third-order valence-electron chi connectivity index (χ3n) is 2.55. The van der Waals surface area contributed by atoms with Gasteiger partial charge in [0.1, 0.15) is 11.6 Å². The number of hydrogen-bond acceptors (Lipinski definition) is 2. The van der Waals surface area contributed by atoms with Crippen LogP contribution in [0.3, 0.4) is 0 Å². The minimum atomic E-state index is -0.411. The van der Waals surface area contributed by atoms with E-state index in [0.717, 1.165) is 0 Å². The maximum absolute atomic E-state index is 13.6. The predicted octanol–water partition coefficient (Wildman–Crippen LogP) is 4.36. The molecule has 3 N–H and O–H groups in total. The molecule has 0 unspecified atom stereocenters. The summed E-state index contributed by atoms with van der Waals surface area (Å²) >= 11 is 3.24. The number of halogens is 3. The van der Waals surface area contributed by atoms with E-state index in [0.29, 0.717) is 15.7 Å². The fourth-order valence-electron chi connectivity index (χ4n) is 1.56. The summed E-state index contributed by atoms with van der Waals surface area (Å²) in [5.74, 6) is -0.795. The third-order valence-corrected chi connectivity index (χ3v) is 3.21. The van der Waals surface area contributed by atoms with Crippen molar-refractivity contribution in [2.75, 3.05) is 11.1 Å². The number of aryl methyl sites for hydroxylation is 1. The van der Waals surface area contributed by atoms with Crippen LogP contribution in [0, 0.1) is 18.6 Å². The van der Waals surface area contributed by atoms with Crippen LogP contribution in [0.1, 0.15) is 5.56 Å². The summed E-state index contributed by atoms with van der Waals surface area (Å²) in [5.41, 5.74) is 7.12. The van der Waals surface area contributed by atoms with Crippen molar-refractivity contribution in [3.05, 3.63) is 52.0 Å². The molecule has 0 saturated heterocycles. The highest BCUT2D eigenvalue weighted by molar-refractivity contribution is 9.10. The van der Waals surface area contributed by atoms with E-state index in [9.17, 15) is 8.78 Å². The van der Waals surface area contributed by atoms with Gasteiger partial charge in [-0.05, 0) is 52.7 Å². The Hall–Kier alpha value is -1.62. The van der Waals surface area contributed by atoms with E-state index in [1.54, 1.807) is 25.1 Å². The second-order valence-electron chi connectivity index (χ2n) is 3.91. The molecule has 0 radical (unpaired) electrons. The van der Waals surface area contributed by atoms with Crippen molar-refractivity contribution >= 4 is 33.0 Å². The Morgan fingerprint density at radius 2 is 1.89 bits per heavy atom. The lowest BCUT2D eigenvalue weighted by Crippen LogP contribution is -2.00. The van der Waals surface area contributed by atoms with Crippen LogP contribution in [-0.2, 0) is 0 Å². The largest absolute Gasteiger partial charge is 0.397 e. The van der Waals surface area contributed by atoms with Crippen LogP contribution in [0.25, 0.3) is 0 Å². The standard InChI is InChI=1S/C13H11BrF2N2/c1-7-5-12(11(17)6-10(7)16)18-13-8(14)3-2-4-9(13)15/h2-6,18H,17H2,1H3. The van der Waals surface area contributed by atoms with Crippen molar-refractivity contribution in [2.45, 2.75) is 6.92 Å². The molecular formula is C13H11BrF2N2. The molecule has 0 bridgehead atoms. The van der Waals surface area contributed by atoms with Crippen molar-refractivity contribution in [1.82, 2.24) is 0 Å². The van der Waals surface area contributed by atoms with Crippen LogP contribution in [0.5, 0.6) is 0 Å². The molecule has 0 saturated carbocycles. The number of rotatable bonds is 2. The Morgan fingerprint density at radius 1 is 1.17 bits per heavy atom. The fourth-order valence-corrected chi connectivity index (χ4v) is 2.00. The number of para-hydroxylation sites is 1. The molecule has 2 rings (SSSR count). The Balaban J connectivity index is 2.43. The van der Waals surface area contributed by atoms with Gasteiger partial charge in [-0.15, -0.1) is 0 Å². The molecule has 0 aromatic heterocycles. The molecule has 2 aromatic rings. The zero-order valence-corrected chi connectivity index (χ0v) is 11.2. The van der Waals surface area contributed by atoms with E-state index in [-0.39, 0.29) is 17.2 Å². The van der Waals surface area contributed by atoms with Gasteiger partial charge in [-0.1, -0.05) is 6.07 Å². The first kappa shape index (κ1) is 12.8. The topological polar surface area (TPSA) is 38.0 Å². The molecule has 0 atom stereocenters. The summed E-state index contributed by atoms with van der Waals surface area (Å²) < 4.78 is 27.5. The van der Waals surface area contributed by atoms with E-state index in [1.165, 1.54) is 12.1 Å². The third kappa shape index (κ3) is 2.46. The monoisotopic (exact) mass is 312 g/mol. The number of nitrogens with one attached hydrogen (secondary N) is 1. The fraction of sp³-hybridized carbons (Fsp3) is 0.0769. The van der Waals surface area contributed by atoms with Gasteiger partial charge in [0.05, 0.1) is 17.1 Å². The first-order valence-electron chi connectivity index (χ1n) is 5.25. The maximum Gasteiger partial charge on any atom is 0.147 e. The second-order valence-corrected chi connectivity index (χ2v) is 4.76. The Labute approximate surface area is 112 Å². The lowest BCUT2D eigenvalue weighted by molar-refractivity contribution is 0.619. The van der Waals surface area contributed by atoms with Gasteiger partial charge in [0.2, 0.25) is 0 Å². The molecule has 2 aromatic carbocycles. The number of benzene rings is 2. The predicted molar refractivity (Wildman–Crippen MR) is 72.9 cm³/mol. The molecule has 0 spiro atoms. The summed E-state index contributed by atoms with van der Waals surface area (Å²) in [6.45, 7) is 1.62. The van der Waals surface area contributed by atoms with E-state index in [4.69, 9.17) is 5.73 Å². The minimum absolute atomic E-state index is 0.230. The Morgan fingerprint density at radius 3 is 2.56 bits per heavy atom. The van der Waals surface area contributed by atoms with E-state index in [1.807, 2.05) is 0 Å². The van der Waals surface area contributed by atoms with Crippen molar-refractivity contribution in [2.24, 2.45) is 0 Å². The van der Waals surface area contributed by atoms with Gasteiger partial charge in [-0.3, -0.25) is 0 Å². The SMILES string of the molecule is Cc1cc(Nc2c(F)cccc2Br)c(N)cc1F. The molecule has 5 heteroatoms. The highest BCUT2D eigenvalue weighted by atomic mass is 79.9. The van der Waals surface area contributed by atoms with Crippen LogP contribution in [0.2, 0.25) is 0 Å². The molecule has 0 amide bonds. The Kier molecular flexibility index (Phi) is 3.52. The molecular weight excluding hydrogens is 302 g/mol. The summed E-state index contributed by atoms with van der Waals surface area (Å²) in [6, 6.07) is 7.39. The van der Waals surface area contributed by atoms with Crippen LogP contribution < -0.4 is 11.1 Å². The summed E-state index contributed by atoms with van der Waals surface area (Å²) in [4.78, 5) is 0. The van der Waals surface area contributed by atoms with Gasteiger partial charge in [-0.2, -0.15) is 0 Å². The van der Waals surface area contributed by atoms with E-state index < -0.39 is 5.82 Å². The van der Waals surface area contributed by atoms with Gasteiger partial charge >= 0.3 is 0 Å². The lowest BCUT2D eigenvalue weighted by atomic mass is 10.1. The maximum atomic E-state index is 13.6. The second kappa shape index (κ2) is 4.94. The van der Waals surface area contributed by atoms with Gasteiger partial charge in [0.25, 0.3) is 0 Å². The Bertz CT molecular complexity index is 580. The highest BCUT2D eigenvalue weighted by Crippen LogP contribution is 2.32. The highest BCUT2D eigenvalue weighted by Gasteiger charge is 2.10. The molecule has 0 fully saturated rings. The van der Waals surface area contributed by atoms with E-state index >= 15 is 0 Å². The summed E-state index contributed by atoms with van der Waals surface area (Å²) in [6.07, 6.45) is 0. The normalized spacial score (nSPS) is 10.4. The van der Waals surface area contributed by atoms with Gasteiger partial charge in [-0.25, -0.2) is 8.78 Å². The van der Waals surface area contributed by atoms with Crippen molar-refractivity contribution < 1.29 is 8.78 Å². The van der Waals surface area contributed by atoms with Crippen LogP contribution in [0.4, 0.5) is 25.8 Å². The molecule has 0 aliphatic heterocycles. The zero-order valence-electron chi connectivity index (χ0n) is 9.60. The molecule has 2 nitrogen and oxygen atoms in total. The van der Waals surface area contributed by atoms with Gasteiger partial charge in [0, 0.05) is 4.47 Å². The van der Waals surface area contributed by atoms with Crippen molar-refractivity contribution in [3.63, 3.8) is 0 Å². The molecule has 18 heavy (non-hydrogen) atoms. The zero-order chi connectivity index (χ0) is 13.3. The number of anilines is 3. The molecule has 0 aliphatic rings. The van der Waals surface area contributed by atoms with Gasteiger partial charge < -0.3 is 11.1 Å². The molecule has 0 heterocycles. The number of hydrogen-bond donors (Lipinski definition) is 2. The molecule has 0 aliphatic carbocycles. The van der Waals surface area contributed by atoms with Crippen molar-refractivity contribution in [3.8, 4) is 0 Å². The van der Waals surface area contributed by atoms with Crippen LogP contribution in [0.15, 0.2) is 34.8 Å². The first-order chi connectivity index (χ1) is 8.49. The minimum Gasteiger partial charge on any atom is -0.397 e. The average Bonchev–Trinajstić information content (AvgIpc) is 2.30. The number of nitrogen functional groups attached to an aromatic ring is 1. The smallest absolute Gasteiger partial charge is 0.147 e. The van der Waals surface area contributed by atoms with Crippen molar-refractivity contribution in [1.29, 1.82) is 0 Å².